The fraction of sp³-hybridized carbons (Fsp3) is 0.273. The van der Waals surface area contributed by atoms with Gasteiger partial charge >= 0.3 is 0 Å². The molecule has 1 nitrogen and oxygen atoms in total. The first-order valence-corrected chi connectivity index (χ1v) is 5.26. The van der Waals surface area contributed by atoms with Gasteiger partial charge in [-0.3, -0.25) is 0 Å². The van der Waals surface area contributed by atoms with Crippen LogP contribution in [0.4, 0.5) is 0 Å². The number of thiophene rings is 1. The lowest BCUT2D eigenvalue weighted by molar-refractivity contribution is 0.475. The van der Waals surface area contributed by atoms with Crippen molar-refractivity contribution in [2.75, 3.05) is 13.2 Å². The van der Waals surface area contributed by atoms with Crippen molar-refractivity contribution in [1.82, 2.24) is 0 Å². The van der Waals surface area contributed by atoms with Gasteiger partial charge in [0.1, 0.15) is 0 Å². The van der Waals surface area contributed by atoms with Crippen LogP contribution < -0.4 is 0 Å². The predicted molar refractivity (Wildman–Crippen MR) is 57.4 cm³/mol. The third-order valence-corrected chi connectivity index (χ3v) is 2.71. The highest BCUT2D eigenvalue weighted by Gasteiger charge is 1.94. The molecule has 0 amide bonds. The Labute approximate surface area is 82.0 Å². The molecule has 1 saturated heterocycles. The summed E-state index contributed by atoms with van der Waals surface area (Å²) >= 11 is 1.80. The zero-order valence-corrected chi connectivity index (χ0v) is 8.43. The van der Waals surface area contributed by atoms with Crippen molar-refractivity contribution in [2.45, 2.75) is 6.92 Å². The maximum Gasteiger partial charge on any atom is 0.0701 e. The summed E-state index contributed by atoms with van der Waals surface area (Å²) in [4.78, 5) is 0. The Morgan fingerprint density at radius 3 is 2.69 bits per heavy atom. The number of hydrogen-bond donors (Lipinski definition) is 0. The second kappa shape index (κ2) is 3.90. The van der Waals surface area contributed by atoms with Crippen LogP contribution in [0.3, 0.4) is 0 Å². The van der Waals surface area contributed by atoms with Crippen LogP contribution in [0.15, 0.2) is 29.6 Å². The van der Waals surface area contributed by atoms with E-state index < -0.39 is 0 Å². The molecule has 1 fully saturated rings. The first kappa shape index (κ1) is 8.73. The molecule has 0 unspecified atom stereocenters. The first-order valence-electron chi connectivity index (χ1n) is 4.38. The van der Waals surface area contributed by atoms with Gasteiger partial charge in [0.05, 0.1) is 13.2 Å². The molecular weight excluding hydrogens is 180 g/mol. The summed E-state index contributed by atoms with van der Waals surface area (Å²) in [5.41, 5.74) is 1.34. The molecule has 1 aliphatic heterocycles. The number of benzene rings is 1. The number of hydrogen-bond acceptors (Lipinski definition) is 2. The second-order valence-corrected chi connectivity index (χ2v) is 4.02. The van der Waals surface area contributed by atoms with Crippen molar-refractivity contribution in [1.29, 1.82) is 0 Å². The Bertz CT molecular complexity index is 387. The summed E-state index contributed by atoms with van der Waals surface area (Å²) in [6, 6.07) is 8.70. The maximum atomic E-state index is 4.50. The van der Waals surface area contributed by atoms with Crippen molar-refractivity contribution in [3.63, 3.8) is 0 Å². The molecule has 0 bridgehead atoms. The van der Waals surface area contributed by atoms with Gasteiger partial charge in [0.2, 0.25) is 0 Å². The highest BCUT2D eigenvalue weighted by Crippen LogP contribution is 2.20. The van der Waals surface area contributed by atoms with Gasteiger partial charge in [-0.1, -0.05) is 17.7 Å². The summed E-state index contributed by atoms with van der Waals surface area (Å²) in [7, 11) is 0. The molecule has 2 heteroatoms. The molecule has 0 saturated carbocycles. The Morgan fingerprint density at radius 2 is 2.00 bits per heavy atom. The largest absolute Gasteiger partial charge is 0.377 e. The van der Waals surface area contributed by atoms with E-state index in [1.165, 1.54) is 15.6 Å². The summed E-state index contributed by atoms with van der Waals surface area (Å²) in [6.45, 7) is 4.12. The van der Waals surface area contributed by atoms with E-state index in [1.807, 2.05) is 0 Å². The quantitative estimate of drug-likeness (QED) is 0.584. The number of ether oxygens (including phenoxy) is 1. The van der Waals surface area contributed by atoms with E-state index in [-0.39, 0.29) is 0 Å². The number of fused-ring (bicyclic) bond motifs is 1. The topological polar surface area (TPSA) is 12.5 Å². The van der Waals surface area contributed by atoms with Gasteiger partial charge in [0.15, 0.2) is 0 Å². The molecule has 2 heterocycles. The zero-order valence-electron chi connectivity index (χ0n) is 7.62. The van der Waals surface area contributed by atoms with Crippen LogP contribution in [-0.2, 0) is 4.74 Å². The van der Waals surface area contributed by atoms with Gasteiger partial charge in [0, 0.05) is 4.70 Å². The number of epoxide rings is 1. The molecule has 13 heavy (non-hydrogen) atoms. The monoisotopic (exact) mass is 192 g/mol. The Kier molecular flexibility index (Phi) is 2.62. The van der Waals surface area contributed by atoms with E-state index >= 15 is 0 Å². The number of aryl methyl sites for hydroxylation is 1. The van der Waals surface area contributed by atoms with Crippen LogP contribution in [0.2, 0.25) is 0 Å². The molecule has 3 rings (SSSR count). The maximum absolute atomic E-state index is 4.50. The first-order chi connectivity index (χ1) is 6.36. The standard InChI is InChI=1S/C9H8S.C2H4O/c1-7-2-3-9-8(6-7)4-5-10-9;1-2-3-1/h2-6H,1H3;1-2H2. The summed E-state index contributed by atoms with van der Waals surface area (Å²) in [5, 5.41) is 3.49. The lowest BCUT2D eigenvalue weighted by Crippen LogP contribution is -1.67. The van der Waals surface area contributed by atoms with Crippen molar-refractivity contribution in [3.8, 4) is 0 Å². The fourth-order valence-corrected chi connectivity index (χ4v) is 1.86. The normalized spacial score (nSPS) is 13.6. The summed E-state index contributed by atoms with van der Waals surface area (Å²) in [6.07, 6.45) is 0. The average Bonchev–Trinajstić information content (AvgIpc) is 2.93. The van der Waals surface area contributed by atoms with E-state index in [4.69, 9.17) is 0 Å². The van der Waals surface area contributed by atoms with Gasteiger partial charge in [-0.15, -0.1) is 11.3 Å². The molecule has 0 aliphatic carbocycles. The summed E-state index contributed by atoms with van der Waals surface area (Å²) in [5.74, 6) is 0. The molecule has 0 spiro atoms. The molecule has 0 N–H and O–H groups in total. The van der Waals surface area contributed by atoms with Crippen molar-refractivity contribution >= 4 is 21.4 Å². The minimum absolute atomic E-state index is 1.00. The third kappa shape index (κ3) is 2.54. The van der Waals surface area contributed by atoms with Crippen LogP contribution in [0.1, 0.15) is 5.56 Å². The van der Waals surface area contributed by atoms with Crippen LogP contribution in [0, 0.1) is 6.92 Å². The van der Waals surface area contributed by atoms with Gasteiger partial charge in [-0.25, -0.2) is 0 Å². The minimum atomic E-state index is 1.00. The molecular formula is C11H12OS. The van der Waals surface area contributed by atoms with Crippen LogP contribution in [-0.4, -0.2) is 13.2 Å². The van der Waals surface area contributed by atoms with Crippen molar-refractivity contribution < 1.29 is 4.74 Å². The van der Waals surface area contributed by atoms with Crippen LogP contribution in [0.5, 0.6) is 0 Å². The Hall–Kier alpha value is -0.860. The molecule has 1 aromatic heterocycles. The molecule has 68 valence electrons. The zero-order chi connectivity index (χ0) is 9.10. The van der Waals surface area contributed by atoms with Gasteiger partial charge in [0.25, 0.3) is 0 Å². The third-order valence-electron chi connectivity index (χ3n) is 1.81. The Balaban J connectivity index is 0.000000185. The summed E-state index contributed by atoms with van der Waals surface area (Å²) < 4.78 is 5.88. The molecule has 1 aromatic carbocycles. The van der Waals surface area contributed by atoms with E-state index in [0.717, 1.165) is 13.2 Å². The molecule has 0 atom stereocenters. The smallest absolute Gasteiger partial charge is 0.0701 e. The molecule has 2 aromatic rings. The van der Waals surface area contributed by atoms with E-state index in [9.17, 15) is 0 Å². The SMILES string of the molecule is C1CO1.Cc1ccc2sccc2c1. The lowest BCUT2D eigenvalue weighted by Gasteiger charge is -1.89. The average molecular weight is 192 g/mol. The molecule has 0 radical (unpaired) electrons. The van der Waals surface area contributed by atoms with Crippen LogP contribution >= 0.6 is 11.3 Å². The van der Waals surface area contributed by atoms with Gasteiger partial charge in [-0.05, 0) is 29.8 Å². The second-order valence-electron chi connectivity index (χ2n) is 3.07. The number of rotatable bonds is 0. The highest BCUT2D eigenvalue weighted by molar-refractivity contribution is 7.17. The lowest BCUT2D eigenvalue weighted by atomic mass is 10.2. The van der Waals surface area contributed by atoms with Gasteiger partial charge in [-0.2, -0.15) is 0 Å². The van der Waals surface area contributed by atoms with Crippen molar-refractivity contribution in [2.24, 2.45) is 0 Å². The molecule has 1 aliphatic rings. The van der Waals surface area contributed by atoms with Crippen LogP contribution in [0.25, 0.3) is 10.1 Å². The fourth-order valence-electron chi connectivity index (χ4n) is 1.09. The van der Waals surface area contributed by atoms with E-state index in [2.05, 4.69) is 41.3 Å². The highest BCUT2D eigenvalue weighted by atomic mass is 32.1. The minimum Gasteiger partial charge on any atom is -0.377 e. The van der Waals surface area contributed by atoms with E-state index in [1.54, 1.807) is 11.3 Å². The Morgan fingerprint density at radius 1 is 1.23 bits per heavy atom. The van der Waals surface area contributed by atoms with Crippen molar-refractivity contribution in [3.05, 3.63) is 35.2 Å². The predicted octanol–water partition coefficient (Wildman–Crippen LogP) is 3.23. The van der Waals surface area contributed by atoms with E-state index in [0.29, 0.717) is 0 Å². The van der Waals surface area contributed by atoms with Gasteiger partial charge < -0.3 is 4.74 Å².